The summed E-state index contributed by atoms with van der Waals surface area (Å²) < 4.78 is 12.8. The van der Waals surface area contributed by atoms with Gasteiger partial charge >= 0.3 is 11.8 Å². The number of carbonyl (C=O) groups excluding carboxylic acids is 2. The summed E-state index contributed by atoms with van der Waals surface area (Å²) in [5, 5.41) is 5.09. The Morgan fingerprint density at radius 3 is 2.20 bits per heavy atom. The van der Waals surface area contributed by atoms with E-state index < -0.39 is 11.8 Å². The summed E-state index contributed by atoms with van der Waals surface area (Å²) in [6, 6.07) is 13.2. The molecule has 25 heavy (non-hydrogen) atoms. The van der Waals surface area contributed by atoms with Crippen molar-refractivity contribution in [1.29, 1.82) is 0 Å². The molecule has 2 N–H and O–H groups in total. The molecule has 0 aliphatic carbocycles. The summed E-state index contributed by atoms with van der Waals surface area (Å²) in [7, 11) is 0. The zero-order valence-electron chi connectivity index (χ0n) is 13.8. The molecule has 0 bridgehead atoms. The van der Waals surface area contributed by atoms with Gasteiger partial charge in [0.05, 0.1) is 0 Å². The van der Waals surface area contributed by atoms with Crippen LogP contribution >= 0.6 is 0 Å². The zero-order valence-corrected chi connectivity index (χ0v) is 13.8. The van der Waals surface area contributed by atoms with E-state index >= 15 is 0 Å². The van der Waals surface area contributed by atoms with Crippen LogP contribution < -0.4 is 15.5 Å². The molecule has 0 radical (unpaired) electrons. The van der Waals surface area contributed by atoms with Crippen molar-refractivity contribution in [3.8, 4) is 0 Å². The van der Waals surface area contributed by atoms with Crippen LogP contribution in [0.25, 0.3) is 0 Å². The van der Waals surface area contributed by atoms with Crippen molar-refractivity contribution >= 4 is 23.2 Å². The molecule has 1 saturated heterocycles. The van der Waals surface area contributed by atoms with Gasteiger partial charge in [0.15, 0.2) is 0 Å². The SMILES string of the molecule is O=C(NCc1ccc(F)cc1)C(=O)Nc1ccc(N2CCCC2)cc1. The Labute approximate surface area is 145 Å². The van der Waals surface area contributed by atoms with Crippen LogP contribution in [0.5, 0.6) is 0 Å². The number of nitrogens with one attached hydrogen (secondary N) is 2. The average Bonchev–Trinajstić information content (AvgIpc) is 3.16. The summed E-state index contributed by atoms with van der Waals surface area (Å²) in [5.41, 5.74) is 2.42. The Kier molecular flexibility index (Phi) is 5.28. The smallest absolute Gasteiger partial charge is 0.313 e. The molecule has 0 saturated carbocycles. The molecule has 2 aromatic carbocycles. The van der Waals surface area contributed by atoms with Crippen molar-refractivity contribution in [2.45, 2.75) is 19.4 Å². The van der Waals surface area contributed by atoms with Crippen LogP contribution in [0.3, 0.4) is 0 Å². The lowest BCUT2D eigenvalue weighted by molar-refractivity contribution is -0.136. The fourth-order valence-corrected chi connectivity index (χ4v) is 2.78. The summed E-state index contributed by atoms with van der Waals surface area (Å²) in [4.78, 5) is 26.1. The number of hydrogen-bond acceptors (Lipinski definition) is 3. The second kappa shape index (κ2) is 7.79. The maximum absolute atomic E-state index is 12.8. The van der Waals surface area contributed by atoms with Crippen LogP contribution in [-0.4, -0.2) is 24.9 Å². The summed E-state index contributed by atoms with van der Waals surface area (Å²) >= 11 is 0. The molecule has 1 aliphatic rings. The lowest BCUT2D eigenvalue weighted by atomic mass is 10.2. The zero-order chi connectivity index (χ0) is 17.6. The Morgan fingerprint density at radius 2 is 1.56 bits per heavy atom. The van der Waals surface area contributed by atoms with Crippen molar-refractivity contribution in [3.63, 3.8) is 0 Å². The van der Waals surface area contributed by atoms with Crippen LogP contribution in [0, 0.1) is 5.82 Å². The predicted molar refractivity (Wildman–Crippen MR) is 94.8 cm³/mol. The van der Waals surface area contributed by atoms with E-state index in [4.69, 9.17) is 0 Å². The number of rotatable bonds is 4. The number of anilines is 2. The van der Waals surface area contributed by atoms with Crippen LogP contribution in [0.4, 0.5) is 15.8 Å². The molecular formula is C19H20FN3O2. The molecule has 2 amide bonds. The van der Waals surface area contributed by atoms with Crippen molar-refractivity contribution in [3.05, 3.63) is 59.9 Å². The Bertz CT molecular complexity index is 738. The molecule has 0 unspecified atom stereocenters. The number of halogens is 1. The van der Waals surface area contributed by atoms with E-state index in [9.17, 15) is 14.0 Å². The standard InChI is InChI=1S/C19H20FN3O2/c20-15-5-3-14(4-6-15)13-21-18(24)19(25)22-16-7-9-17(10-8-16)23-11-1-2-12-23/h3-10H,1-2,11-13H2,(H,21,24)(H,22,25). The lowest BCUT2D eigenvalue weighted by Crippen LogP contribution is -2.34. The number of amides is 2. The fourth-order valence-electron chi connectivity index (χ4n) is 2.78. The molecule has 1 fully saturated rings. The van der Waals surface area contributed by atoms with E-state index in [1.54, 1.807) is 24.3 Å². The topological polar surface area (TPSA) is 61.4 Å². The van der Waals surface area contributed by atoms with Gasteiger partial charge in [-0.25, -0.2) is 4.39 Å². The summed E-state index contributed by atoms with van der Waals surface area (Å²) in [6.45, 7) is 2.27. The second-order valence-electron chi connectivity index (χ2n) is 6.00. The van der Waals surface area contributed by atoms with Crippen molar-refractivity contribution in [1.82, 2.24) is 5.32 Å². The molecule has 3 rings (SSSR count). The maximum Gasteiger partial charge on any atom is 0.313 e. The molecule has 1 heterocycles. The van der Waals surface area contributed by atoms with Crippen LogP contribution in [-0.2, 0) is 16.1 Å². The van der Waals surface area contributed by atoms with E-state index in [0.717, 1.165) is 24.3 Å². The third kappa shape index (κ3) is 4.56. The maximum atomic E-state index is 12.8. The Hall–Kier alpha value is -2.89. The van der Waals surface area contributed by atoms with Gasteiger partial charge in [-0.1, -0.05) is 12.1 Å². The molecular weight excluding hydrogens is 321 g/mol. The Balaban J connectivity index is 1.50. The number of hydrogen-bond donors (Lipinski definition) is 2. The minimum Gasteiger partial charge on any atom is -0.372 e. The third-order valence-corrected chi connectivity index (χ3v) is 4.17. The van der Waals surface area contributed by atoms with Gasteiger partial charge in [-0.15, -0.1) is 0 Å². The van der Waals surface area contributed by atoms with Gasteiger partial charge < -0.3 is 15.5 Å². The average molecular weight is 341 g/mol. The molecule has 1 aliphatic heterocycles. The number of nitrogens with zero attached hydrogens (tertiary/aromatic N) is 1. The molecule has 130 valence electrons. The van der Waals surface area contributed by atoms with Crippen molar-refractivity contribution in [2.75, 3.05) is 23.3 Å². The van der Waals surface area contributed by atoms with E-state index in [2.05, 4.69) is 15.5 Å². The largest absolute Gasteiger partial charge is 0.372 e. The lowest BCUT2D eigenvalue weighted by Gasteiger charge is -2.17. The number of carbonyl (C=O) groups is 2. The predicted octanol–water partition coefficient (Wildman–Crippen LogP) is 2.68. The van der Waals surface area contributed by atoms with Gasteiger partial charge in [0.1, 0.15) is 5.82 Å². The van der Waals surface area contributed by atoms with Crippen molar-refractivity contribution < 1.29 is 14.0 Å². The van der Waals surface area contributed by atoms with Gasteiger partial charge in [0, 0.05) is 31.0 Å². The molecule has 6 heteroatoms. The van der Waals surface area contributed by atoms with E-state index in [1.807, 2.05) is 12.1 Å². The van der Waals surface area contributed by atoms with Gasteiger partial charge in [-0.3, -0.25) is 9.59 Å². The highest BCUT2D eigenvalue weighted by Gasteiger charge is 2.15. The molecule has 5 nitrogen and oxygen atoms in total. The van der Waals surface area contributed by atoms with Gasteiger partial charge in [-0.05, 0) is 54.8 Å². The first-order valence-corrected chi connectivity index (χ1v) is 8.30. The quantitative estimate of drug-likeness (QED) is 0.841. The molecule has 0 aromatic heterocycles. The molecule has 0 spiro atoms. The molecule has 2 aromatic rings. The summed E-state index contributed by atoms with van der Waals surface area (Å²) in [6.07, 6.45) is 2.40. The van der Waals surface area contributed by atoms with E-state index in [0.29, 0.717) is 5.69 Å². The van der Waals surface area contributed by atoms with Crippen LogP contribution in [0.1, 0.15) is 18.4 Å². The van der Waals surface area contributed by atoms with Gasteiger partial charge in [-0.2, -0.15) is 0 Å². The second-order valence-corrected chi connectivity index (χ2v) is 6.00. The first-order valence-electron chi connectivity index (χ1n) is 8.30. The van der Waals surface area contributed by atoms with E-state index in [1.165, 1.54) is 25.0 Å². The minimum absolute atomic E-state index is 0.167. The first kappa shape index (κ1) is 17.0. The van der Waals surface area contributed by atoms with Crippen molar-refractivity contribution in [2.24, 2.45) is 0 Å². The minimum atomic E-state index is -0.729. The first-order chi connectivity index (χ1) is 12.1. The highest BCUT2D eigenvalue weighted by atomic mass is 19.1. The number of benzene rings is 2. The van der Waals surface area contributed by atoms with Gasteiger partial charge in [0.2, 0.25) is 0 Å². The van der Waals surface area contributed by atoms with Crippen LogP contribution in [0.2, 0.25) is 0 Å². The highest BCUT2D eigenvalue weighted by molar-refractivity contribution is 6.39. The third-order valence-electron chi connectivity index (χ3n) is 4.17. The fraction of sp³-hybridized carbons (Fsp3) is 0.263. The van der Waals surface area contributed by atoms with Crippen LogP contribution in [0.15, 0.2) is 48.5 Å². The Morgan fingerprint density at radius 1 is 0.920 bits per heavy atom. The highest BCUT2D eigenvalue weighted by Crippen LogP contribution is 2.21. The summed E-state index contributed by atoms with van der Waals surface area (Å²) in [5.74, 6) is -1.80. The van der Waals surface area contributed by atoms with Gasteiger partial charge in [0.25, 0.3) is 0 Å². The normalized spacial score (nSPS) is 13.6. The van der Waals surface area contributed by atoms with E-state index in [-0.39, 0.29) is 12.4 Å². The molecule has 0 atom stereocenters. The monoisotopic (exact) mass is 341 g/mol.